The summed E-state index contributed by atoms with van der Waals surface area (Å²) in [6.07, 6.45) is 2.05. The van der Waals surface area contributed by atoms with Crippen LogP contribution in [0, 0.1) is 6.92 Å². The molecule has 0 fully saturated rings. The topological polar surface area (TPSA) is 43.9 Å². The fraction of sp³-hybridized carbons (Fsp3) is 0.167. The number of aromatic nitrogens is 3. The van der Waals surface area contributed by atoms with E-state index in [1.54, 1.807) is 0 Å². The predicted molar refractivity (Wildman–Crippen MR) is 60.1 cm³/mol. The Morgan fingerprint density at radius 2 is 2.06 bits per heavy atom. The van der Waals surface area contributed by atoms with Gasteiger partial charge in [-0.1, -0.05) is 28.5 Å². The second kappa shape index (κ2) is 3.48. The van der Waals surface area contributed by atoms with Crippen molar-refractivity contribution in [3.63, 3.8) is 0 Å². The molecule has 4 nitrogen and oxygen atoms in total. The molecule has 0 spiro atoms. The van der Waals surface area contributed by atoms with Crippen LogP contribution >= 0.6 is 0 Å². The van der Waals surface area contributed by atoms with Gasteiger partial charge in [-0.3, -0.25) is 0 Å². The molecule has 0 N–H and O–H groups in total. The maximum absolute atomic E-state index is 4.69. The Bertz CT molecular complexity index is 624. The number of nitrogens with zero attached hydrogens (tertiary/aromatic N) is 3. The minimum atomic E-state index is 0.697. The lowest BCUT2D eigenvalue weighted by atomic mass is 10.2. The minimum absolute atomic E-state index is 0.697. The van der Waals surface area contributed by atoms with Crippen molar-refractivity contribution in [2.75, 3.05) is 0 Å². The molecule has 0 amide bonds. The molecular weight excluding hydrogens is 202 g/mol. The monoisotopic (exact) mass is 213 g/mol. The van der Waals surface area contributed by atoms with Crippen molar-refractivity contribution in [2.24, 2.45) is 0 Å². The summed E-state index contributed by atoms with van der Waals surface area (Å²) in [6, 6.07) is 10.4. The highest BCUT2D eigenvalue weighted by Crippen LogP contribution is 2.16. The quantitative estimate of drug-likeness (QED) is 0.656. The van der Waals surface area contributed by atoms with Gasteiger partial charge in [-0.25, -0.2) is 4.63 Å². The minimum Gasteiger partial charge on any atom is -0.341 e. The summed E-state index contributed by atoms with van der Waals surface area (Å²) in [5.41, 5.74) is 2.92. The fourth-order valence-corrected chi connectivity index (χ4v) is 1.83. The number of fused-ring (bicyclic) bond motifs is 1. The summed E-state index contributed by atoms with van der Waals surface area (Å²) in [4.78, 5) is 0. The molecule has 0 radical (unpaired) electrons. The molecule has 3 aromatic rings. The van der Waals surface area contributed by atoms with Crippen LogP contribution in [0.2, 0.25) is 0 Å². The van der Waals surface area contributed by atoms with Gasteiger partial charge in [0.1, 0.15) is 11.4 Å². The van der Waals surface area contributed by atoms with Gasteiger partial charge in [-0.2, -0.15) is 0 Å². The molecule has 0 aliphatic rings. The van der Waals surface area contributed by atoms with Gasteiger partial charge in [-0.15, -0.1) is 0 Å². The number of rotatable bonds is 2. The van der Waals surface area contributed by atoms with Crippen molar-refractivity contribution in [3.05, 3.63) is 47.9 Å². The molecule has 4 heteroatoms. The molecule has 2 heterocycles. The zero-order valence-corrected chi connectivity index (χ0v) is 8.92. The third-order valence-electron chi connectivity index (χ3n) is 2.75. The largest absolute Gasteiger partial charge is 0.341 e. The van der Waals surface area contributed by atoms with Crippen LogP contribution in [0.5, 0.6) is 0 Å². The standard InChI is InChI=1S/C12H11N3O/c1-9-11(14-16-13-9)8-15-7-6-10-4-2-3-5-12(10)15/h2-7H,8H2,1H3. The highest BCUT2D eigenvalue weighted by molar-refractivity contribution is 5.79. The SMILES string of the molecule is Cc1nonc1Cn1ccc2ccccc21. The number of hydrogen-bond donors (Lipinski definition) is 0. The second-order valence-electron chi connectivity index (χ2n) is 3.80. The Labute approximate surface area is 92.5 Å². The summed E-state index contributed by atoms with van der Waals surface area (Å²) in [7, 11) is 0. The van der Waals surface area contributed by atoms with Crippen LogP contribution < -0.4 is 0 Å². The van der Waals surface area contributed by atoms with Gasteiger partial charge in [-0.05, 0) is 24.4 Å². The first-order valence-electron chi connectivity index (χ1n) is 5.16. The average molecular weight is 213 g/mol. The lowest BCUT2D eigenvalue weighted by Crippen LogP contribution is -1.99. The van der Waals surface area contributed by atoms with Gasteiger partial charge in [0, 0.05) is 11.7 Å². The Hall–Kier alpha value is -2.10. The molecule has 0 unspecified atom stereocenters. The molecule has 0 aliphatic carbocycles. The lowest BCUT2D eigenvalue weighted by Gasteiger charge is -2.01. The van der Waals surface area contributed by atoms with Gasteiger partial charge in [0.25, 0.3) is 0 Å². The number of hydrogen-bond acceptors (Lipinski definition) is 3. The number of benzene rings is 1. The Kier molecular flexibility index (Phi) is 1.99. The summed E-state index contributed by atoms with van der Waals surface area (Å²) in [5.74, 6) is 0. The predicted octanol–water partition coefficient (Wildman–Crippen LogP) is 2.38. The second-order valence-corrected chi connectivity index (χ2v) is 3.80. The first-order chi connectivity index (χ1) is 7.84. The van der Waals surface area contributed by atoms with Crippen LogP contribution in [0.15, 0.2) is 41.2 Å². The van der Waals surface area contributed by atoms with Gasteiger partial charge < -0.3 is 4.57 Å². The number of para-hydroxylation sites is 1. The van der Waals surface area contributed by atoms with Crippen LogP contribution in [0.1, 0.15) is 11.4 Å². The molecule has 0 atom stereocenters. The Morgan fingerprint density at radius 3 is 2.88 bits per heavy atom. The van der Waals surface area contributed by atoms with Crippen LogP contribution in [0.3, 0.4) is 0 Å². The summed E-state index contributed by atoms with van der Waals surface area (Å²) in [5, 5.41) is 8.90. The molecule has 2 aromatic heterocycles. The van der Waals surface area contributed by atoms with Crippen molar-refractivity contribution in [1.82, 2.24) is 14.9 Å². The first kappa shape index (κ1) is 9.15. The molecule has 0 bridgehead atoms. The smallest absolute Gasteiger partial charge is 0.127 e. The van der Waals surface area contributed by atoms with Gasteiger partial charge in [0.05, 0.1) is 6.54 Å². The van der Waals surface area contributed by atoms with Crippen LogP contribution in [-0.4, -0.2) is 14.9 Å². The van der Waals surface area contributed by atoms with E-state index in [9.17, 15) is 0 Å². The van der Waals surface area contributed by atoms with Crippen LogP contribution in [0.4, 0.5) is 0 Å². The molecular formula is C12H11N3O. The molecule has 0 saturated heterocycles. The van der Waals surface area contributed by atoms with Crippen LogP contribution in [-0.2, 0) is 6.54 Å². The third kappa shape index (κ3) is 1.39. The molecule has 0 aliphatic heterocycles. The first-order valence-corrected chi connectivity index (χ1v) is 5.16. The van der Waals surface area contributed by atoms with Crippen molar-refractivity contribution < 1.29 is 4.63 Å². The molecule has 80 valence electrons. The summed E-state index contributed by atoms with van der Waals surface area (Å²) >= 11 is 0. The van der Waals surface area contributed by atoms with Crippen molar-refractivity contribution in [2.45, 2.75) is 13.5 Å². The molecule has 16 heavy (non-hydrogen) atoms. The third-order valence-corrected chi connectivity index (χ3v) is 2.75. The highest BCUT2D eigenvalue weighted by atomic mass is 16.6. The average Bonchev–Trinajstić information content (AvgIpc) is 2.88. The zero-order valence-electron chi connectivity index (χ0n) is 8.92. The summed E-state index contributed by atoms with van der Waals surface area (Å²) in [6.45, 7) is 2.60. The molecule has 1 aromatic carbocycles. The van der Waals surface area contributed by atoms with Gasteiger partial charge in [0.15, 0.2) is 0 Å². The van der Waals surface area contributed by atoms with E-state index in [0.29, 0.717) is 6.54 Å². The molecule has 3 rings (SSSR count). The highest BCUT2D eigenvalue weighted by Gasteiger charge is 2.07. The van der Waals surface area contributed by atoms with E-state index in [1.165, 1.54) is 10.9 Å². The Balaban J connectivity index is 2.04. The van der Waals surface area contributed by atoms with Gasteiger partial charge in [0.2, 0.25) is 0 Å². The molecule has 0 saturated carbocycles. The van der Waals surface area contributed by atoms with E-state index in [0.717, 1.165) is 11.4 Å². The number of aryl methyl sites for hydroxylation is 1. The van der Waals surface area contributed by atoms with Crippen molar-refractivity contribution in [3.8, 4) is 0 Å². The zero-order chi connectivity index (χ0) is 11.0. The van der Waals surface area contributed by atoms with E-state index in [4.69, 9.17) is 4.63 Å². The van der Waals surface area contributed by atoms with E-state index < -0.39 is 0 Å². The Morgan fingerprint density at radius 1 is 1.19 bits per heavy atom. The van der Waals surface area contributed by atoms with Crippen molar-refractivity contribution >= 4 is 10.9 Å². The van der Waals surface area contributed by atoms with E-state index >= 15 is 0 Å². The fourth-order valence-electron chi connectivity index (χ4n) is 1.83. The lowest BCUT2D eigenvalue weighted by molar-refractivity contribution is 0.300. The van der Waals surface area contributed by atoms with E-state index in [1.807, 2.05) is 19.1 Å². The van der Waals surface area contributed by atoms with E-state index in [-0.39, 0.29) is 0 Å². The summed E-state index contributed by atoms with van der Waals surface area (Å²) < 4.78 is 6.83. The normalized spacial score (nSPS) is 11.1. The maximum atomic E-state index is 4.69. The van der Waals surface area contributed by atoms with Crippen LogP contribution in [0.25, 0.3) is 10.9 Å². The van der Waals surface area contributed by atoms with Gasteiger partial charge >= 0.3 is 0 Å². The maximum Gasteiger partial charge on any atom is 0.127 e. The van der Waals surface area contributed by atoms with E-state index in [2.05, 4.69) is 39.3 Å². The van der Waals surface area contributed by atoms with Crippen molar-refractivity contribution in [1.29, 1.82) is 0 Å².